The molecule has 0 spiro atoms. The van der Waals surface area contributed by atoms with Gasteiger partial charge in [0.25, 0.3) is 0 Å². The second-order valence-corrected chi connectivity index (χ2v) is 6.42. The van der Waals surface area contributed by atoms with Gasteiger partial charge in [0.2, 0.25) is 9.84 Å². The zero-order valence-electron chi connectivity index (χ0n) is 10.9. The van der Waals surface area contributed by atoms with Gasteiger partial charge in [-0.1, -0.05) is 12.1 Å². The van der Waals surface area contributed by atoms with E-state index in [1.54, 1.807) is 18.2 Å². The number of nitrogens with two attached hydrogens (primary N) is 1. The minimum atomic E-state index is -3.49. The van der Waals surface area contributed by atoms with Gasteiger partial charge in [-0.05, 0) is 24.3 Å². The van der Waals surface area contributed by atoms with Crippen LogP contribution in [0.15, 0.2) is 52.8 Å². The molecule has 2 aromatic carbocycles. The first-order chi connectivity index (χ1) is 9.97. The molecule has 108 valence electrons. The molecule has 1 heterocycles. The van der Waals surface area contributed by atoms with Gasteiger partial charge >= 0.3 is 0 Å². The van der Waals surface area contributed by atoms with Crippen molar-refractivity contribution < 1.29 is 17.5 Å². The van der Waals surface area contributed by atoms with Crippen molar-refractivity contribution in [3.63, 3.8) is 0 Å². The van der Waals surface area contributed by atoms with Crippen LogP contribution >= 0.6 is 0 Å². The molecule has 0 atom stereocenters. The van der Waals surface area contributed by atoms with Crippen molar-refractivity contribution in [2.24, 2.45) is 0 Å². The molecule has 0 saturated heterocycles. The summed E-state index contributed by atoms with van der Waals surface area (Å²) in [5.74, 6) is -0.0864. The van der Waals surface area contributed by atoms with E-state index < -0.39 is 15.7 Å². The van der Waals surface area contributed by atoms with Crippen LogP contribution in [0.1, 0.15) is 5.56 Å². The molecule has 0 fully saturated rings. The number of halogens is 1. The Morgan fingerprint density at radius 2 is 1.90 bits per heavy atom. The standard InChI is InChI=1S/C15H12FNO3S/c16-11-3-1-4-12(7-11)20-8-10-9-21(18,19)14-6-2-5-13(17)15(10)14/h1-7,9H,8,17H2. The third-order valence-electron chi connectivity index (χ3n) is 3.17. The van der Waals surface area contributed by atoms with Gasteiger partial charge in [0.1, 0.15) is 18.2 Å². The van der Waals surface area contributed by atoms with Crippen LogP contribution in [-0.2, 0) is 9.84 Å². The zero-order valence-corrected chi connectivity index (χ0v) is 11.7. The molecule has 0 bridgehead atoms. The molecule has 4 nitrogen and oxygen atoms in total. The van der Waals surface area contributed by atoms with E-state index in [0.29, 0.717) is 22.6 Å². The van der Waals surface area contributed by atoms with E-state index >= 15 is 0 Å². The summed E-state index contributed by atoms with van der Waals surface area (Å²) in [7, 11) is -3.49. The predicted octanol–water partition coefficient (Wildman–Crippen LogP) is 2.62. The smallest absolute Gasteiger partial charge is 0.200 e. The van der Waals surface area contributed by atoms with Gasteiger partial charge in [0.05, 0.1) is 4.90 Å². The third kappa shape index (κ3) is 2.50. The zero-order chi connectivity index (χ0) is 15.0. The Kier molecular flexibility index (Phi) is 3.17. The number of hydrogen-bond donors (Lipinski definition) is 1. The van der Waals surface area contributed by atoms with Crippen LogP contribution < -0.4 is 10.5 Å². The summed E-state index contributed by atoms with van der Waals surface area (Å²) in [4.78, 5) is 0.181. The van der Waals surface area contributed by atoms with Crippen molar-refractivity contribution in [1.29, 1.82) is 0 Å². The largest absolute Gasteiger partial charge is 0.489 e. The average Bonchev–Trinajstić information content (AvgIpc) is 2.69. The van der Waals surface area contributed by atoms with E-state index in [9.17, 15) is 12.8 Å². The molecule has 0 saturated carbocycles. The van der Waals surface area contributed by atoms with E-state index in [1.165, 1.54) is 24.3 Å². The van der Waals surface area contributed by atoms with Crippen molar-refractivity contribution in [2.45, 2.75) is 4.90 Å². The van der Waals surface area contributed by atoms with E-state index in [0.717, 1.165) is 5.41 Å². The normalized spacial score (nSPS) is 15.4. The van der Waals surface area contributed by atoms with Crippen molar-refractivity contribution in [2.75, 3.05) is 12.3 Å². The summed E-state index contributed by atoms with van der Waals surface area (Å²) in [6, 6.07) is 10.4. The van der Waals surface area contributed by atoms with Crippen LogP contribution in [0.5, 0.6) is 5.75 Å². The lowest BCUT2D eigenvalue weighted by molar-refractivity contribution is 0.367. The van der Waals surface area contributed by atoms with Crippen molar-refractivity contribution in [3.05, 3.63) is 59.3 Å². The van der Waals surface area contributed by atoms with Gasteiger partial charge in [0.15, 0.2) is 0 Å². The molecule has 2 N–H and O–H groups in total. The fraction of sp³-hybridized carbons (Fsp3) is 0.0667. The summed E-state index contributed by atoms with van der Waals surface area (Å²) in [5.41, 5.74) is 7.16. The first kappa shape index (κ1) is 13.6. The molecule has 1 aliphatic heterocycles. The number of ether oxygens (including phenoxy) is 1. The number of benzene rings is 2. The molecule has 0 aliphatic carbocycles. The van der Waals surface area contributed by atoms with Crippen molar-refractivity contribution in [3.8, 4) is 5.75 Å². The van der Waals surface area contributed by atoms with Crippen molar-refractivity contribution in [1.82, 2.24) is 0 Å². The molecule has 0 amide bonds. The highest BCUT2D eigenvalue weighted by molar-refractivity contribution is 7.95. The summed E-state index contributed by atoms with van der Waals surface area (Å²) >= 11 is 0. The van der Waals surface area contributed by atoms with E-state index in [-0.39, 0.29) is 11.5 Å². The number of hydrogen-bond acceptors (Lipinski definition) is 4. The highest BCUT2D eigenvalue weighted by atomic mass is 32.2. The van der Waals surface area contributed by atoms with Crippen molar-refractivity contribution >= 4 is 21.1 Å². The Labute approximate surface area is 121 Å². The maximum absolute atomic E-state index is 13.1. The molecule has 0 unspecified atom stereocenters. The molecular weight excluding hydrogens is 293 g/mol. The topological polar surface area (TPSA) is 69.4 Å². The predicted molar refractivity (Wildman–Crippen MR) is 77.9 cm³/mol. The molecule has 0 radical (unpaired) electrons. The molecular formula is C15H12FNO3S. The Bertz CT molecular complexity index is 844. The minimum absolute atomic E-state index is 0.00387. The molecule has 21 heavy (non-hydrogen) atoms. The average molecular weight is 305 g/mol. The highest BCUT2D eigenvalue weighted by Crippen LogP contribution is 2.37. The molecule has 1 aliphatic rings. The number of fused-ring (bicyclic) bond motifs is 1. The number of rotatable bonds is 3. The summed E-state index contributed by atoms with van der Waals surface area (Å²) in [6.07, 6.45) is 0. The lowest BCUT2D eigenvalue weighted by Gasteiger charge is -2.09. The Morgan fingerprint density at radius 3 is 2.67 bits per heavy atom. The molecule has 3 rings (SSSR count). The summed E-state index contributed by atoms with van der Waals surface area (Å²) in [5, 5.41) is 1.15. The molecule has 2 aromatic rings. The van der Waals surface area contributed by atoms with E-state index in [4.69, 9.17) is 10.5 Å². The first-order valence-electron chi connectivity index (χ1n) is 6.20. The third-order valence-corrected chi connectivity index (χ3v) is 4.72. The molecule has 6 heteroatoms. The maximum atomic E-state index is 13.1. The minimum Gasteiger partial charge on any atom is -0.489 e. The lowest BCUT2D eigenvalue weighted by atomic mass is 10.1. The monoisotopic (exact) mass is 305 g/mol. The van der Waals surface area contributed by atoms with Crippen LogP contribution in [0.2, 0.25) is 0 Å². The fourth-order valence-corrected chi connectivity index (χ4v) is 3.75. The van der Waals surface area contributed by atoms with Crippen LogP contribution in [0.4, 0.5) is 10.1 Å². The number of anilines is 1. The van der Waals surface area contributed by atoms with E-state index in [2.05, 4.69) is 0 Å². The van der Waals surface area contributed by atoms with Gasteiger partial charge in [-0.3, -0.25) is 0 Å². The van der Waals surface area contributed by atoms with Gasteiger partial charge in [-0.25, -0.2) is 12.8 Å². The SMILES string of the molecule is Nc1cccc2c1C(COc1cccc(F)c1)=CS2(=O)=O. The van der Waals surface area contributed by atoms with Crippen LogP contribution in [0.25, 0.3) is 5.57 Å². The Balaban J connectivity index is 1.91. The Hall–Kier alpha value is -2.34. The Morgan fingerprint density at radius 1 is 1.14 bits per heavy atom. The van der Waals surface area contributed by atoms with Crippen LogP contribution in [-0.4, -0.2) is 15.0 Å². The fourth-order valence-electron chi connectivity index (χ4n) is 2.26. The first-order valence-corrected chi connectivity index (χ1v) is 7.75. The summed E-state index contributed by atoms with van der Waals surface area (Å²) in [6.45, 7) is 0.00387. The molecule has 0 aromatic heterocycles. The van der Waals surface area contributed by atoms with Gasteiger partial charge < -0.3 is 10.5 Å². The lowest BCUT2D eigenvalue weighted by Crippen LogP contribution is -2.02. The number of nitrogen functional groups attached to an aromatic ring is 1. The van der Waals surface area contributed by atoms with E-state index in [1.807, 2.05) is 0 Å². The van der Waals surface area contributed by atoms with Gasteiger partial charge in [-0.15, -0.1) is 0 Å². The van der Waals surface area contributed by atoms with Crippen LogP contribution in [0, 0.1) is 5.82 Å². The van der Waals surface area contributed by atoms with Gasteiger partial charge in [-0.2, -0.15) is 0 Å². The number of sulfone groups is 1. The second-order valence-electron chi connectivity index (χ2n) is 4.65. The van der Waals surface area contributed by atoms with Crippen LogP contribution in [0.3, 0.4) is 0 Å². The highest BCUT2D eigenvalue weighted by Gasteiger charge is 2.28. The summed E-state index contributed by atoms with van der Waals surface area (Å²) < 4.78 is 42.6. The second kappa shape index (κ2) is 4.89. The quantitative estimate of drug-likeness (QED) is 0.885. The van der Waals surface area contributed by atoms with Gasteiger partial charge in [0, 0.05) is 28.3 Å². The maximum Gasteiger partial charge on any atom is 0.200 e.